The average molecular weight is 500 g/mol. The van der Waals surface area contributed by atoms with Gasteiger partial charge >= 0.3 is 0 Å². The summed E-state index contributed by atoms with van der Waals surface area (Å²) in [6.45, 7) is 0. The molecule has 3 rings (SSSR count). The van der Waals surface area contributed by atoms with E-state index in [4.69, 9.17) is 11.6 Å². The lowest BCUT2D eigenvalue weighted by Crippen LogP contribution is -2.19. The highest BCUT2D eigenvalue weighted by molar-refractivity contribution is 9.11. The van der Waals surface area contributed by atoms with Crippen LogP contribution in [0.5, 0.6) is 0 Å². The summed E-state index contributed by atoms with van der Waals surface area (Å²) in [4.78, 5) is 12.6. The highest BCUT2D eigenvalue weighted by Crippen LogP contribution is 2.30. The van der Waals surface area contributed by atoms with Gasteiger partial charge in [-0.3, -0.25) is 10.1 Å². The molecular weight excluding hydrogens is 490 g/mol. The van der Waals surface area contributed by atoms with Crippen molar-refractivity contribution in [3.8, 4) is 0 Å². The molecule has 1 aliphatic rings. The molecule has 1 N–H and O–H groups in total. The minimum absolute atomic E-state index is 0.205. The summed E-state index contributed by atoms with van der Waals surface area (Å²) in [5.74, 6) is -0.205. The molecule has 0 atom stereocenters. The highest BCUT2D eigenvalue weighted by atomic mass is 79.9. The summed E-state index contributed by atoms with van der Waals surface area (Å²) in [6, 6.07) is 13.1. The number of benzene rings is 2. The lowest BCUT2D eigenvalue weighted by molar-refractivity contribution is -0.115. The van der Waals surface area contributed by atoms with Crippen molar-refractivity contribution in [3.63, 3.8) is 0 Å². The van der Waals surface area contributed by atoms with Gasteiger partial charge in [-0.25, -0.2) is 0 Å². The lowest BCUT2D eigenvalue weighted by atomic mass is 10.2. The van der Waals surface area contributed by atoms with Gasteiger partial charge in [0.05, 0.1) is 11.1 Å². The maximum atomic E-state index is 12.1. The molecule has 0 saturated carbocycles. The van der Waals surface area contributed by atoms with E-state index < -0.39 is 0 Å². The van der Waals surface area contributed by atoms with E-state index in [1.54, 1.807) is 18.4 Å². The Bertz CT molecular complexity index is 928. The topological polar surface area (TPSA) is 53.8 Å². The molecule has 25 heavy (non-hydrogen) atoms. The molecule has 2 aromatic carbocycles. The van der Waals surface area contributed by atoms with Crippen LogP contribution < -0.4 is 5.32 Å². The molecule has 2 aromatic rings. The highest BCUT2D eigenvalue weighted by Gasteiger charge is 2.24. The number of carbonyl (C=O) groups excluding carboxylic acids is 1. The van der Waals surface area contributed by atoms with Crippen molar-refractivity contribution >= 4 is 78.6 Å². The van der Waals surface area contributed by atoms with E-state index in [0.717, 1.165) is 20.1 Å². The number of hydrogen-bond donors (Lipinski definition) is 1. The third-order valence-corrected chi connectivity index (χ3v) is 5.61. The fraction of sp³-hybridized carbons (Fsp3) is 0. The molecule has 1 saturated heterocycles. The predicted octanol–water partition coefficient (Wildman–Crippen LogP) is 5.46. The maximum absolute atomic E-state index is 12.1. The average Bonchev–Trinajstić information content (AvgIpc) is 2.92. The smallest absolute Gasteiger partial charge is 0.264 e. The summed E-state index contributed by atoms with van der Waals surface area (Å²) in [5, 5.41) is 11.7. The normalized spacial score (nSPS) is 17.6. The minimum atomic E-state index is -0.205. The Morgan fingerprint density at radius 3 is 2.72 bits per heavy atom. The van der Waals surface area contributed by atoms with E-state index in [9.17, 15) is 4.79 Å². The van der Waals surface area contributed by atoms with Crippen molar-refractivity contribution in [3.05, 3.63) is 72.5 Å². The molecule has 0 aromatic heterocycles. The molecule has 1 amide bonds. The van der Waals surface area contributed by atoms with Gasteiger partial charge in [-0.1, -0.05) is 61.7 Å². The second-order valence-corrected chi connectivity index (χ2v) is 8.11. The zero-order valence-corrected chi connectivity index (χ0v) is 17.3. The van der Waals surface area contributed by atoms with Crippen molar-refractivity contribution in [2.45, 2.75) is 0 Å². The van der Waals surface area contributed by atoms with Crippen LogP contribution in [0.2, 0.25) is 5.02 Å². The zero-order chi connectivity index (χ0) is 17.8. The molecule has 0 aliphatic carbocycles. The third kappa shape index (κ3) is 4.82. The summed E-state index contributed by atoms with van der Waals surface area (Å²) < 4.78 is 1.84. The quantitative estimate of drug-likeness (QED) is 0.347. The summed E-state index contributed by atoms with van der Waals surface area (Å²) >= 11 is 14.2. The van der Waals surface area contributed by atoms with Gasteiger partial charge in [0.1, 0.15) is 0 Å². The van der Waals surface area contributed by atoms with Gasteiger partial charge in [0.15, 0.2) is 5.17 Å². The molecule has 0 radical (unpaired) electrons. The van der Waals surface area contributed by atoms with Gasteiger partial charge in [0.25, 0.3) is 5.91 Å². The number of amides is 1. The Morgan fingerprint density at radius 1 is 1.12 bits per heavy atom. The van der Waals surface area contributed by atoms with Crippen LogP contribution in [0.25, 0.3) is 6.08 Å². The van der Waals surface area contributed by atoms with Gasteiger partial charge in [0, 0.05) is 19.5 Å². The van der Waals surface area contributed by atoms with Crippen molar-refractivity contribution in [1.82, 2.24) is 5.32 Å². The van der Waals surface area contributed by atoms with Crippen LogP contribution in [0, 0.1) is 0 Å². The molecule has 4 nitrogen and oxygen atoms in total. The molecular formula is C17H10Br2ClN3OS. The number of rotatable bonds is 3. The fourth-order valence-electron chi connectivity index (χ4n) is 1.96. The van der Waals surface area contributed by atoms with Crippen LogP contribution in [-0.2, 0) is 4.79 Å². The van der Waals surface area contributed by atoms with Crippen LogP contribution in [0.15, 0.2) is 66.5 Å². The Labute approximate surface area is 170 Å². The van der Waals surface area contributed by atoms with E-state index in [1.807, 2.05) is 36.4 Å². The Morgan fingerprint density at radius 2 is 1.92 bits per heavy atom. The maximum Gasteiger partial charge on any atom is 0.264 e. The minimum Gasteiger partial charge on any atom is -0.299 e. The second kappa shape index (κ2) is 8.31. The van der Waals surface area contributed by atoms with Crippen molar-refractivity contribution in [1.29, 1.82) is 0 Å². The zero-order valence-electron chi connectivity index (χ0n) is 12.5. The van der Waals surface area contributed by atoms with Crippen LogP contribution in [-0.4, -0.2) is 17.3 Å². The molecule has 1 aliphatic heterocycles. The van der Waals surface area contributed by atoms with E-state index in [-0.39, 0.29) is 5.91 Å². The monoisotopic (exact) mass is 497 g/mol. The first-order valence-corrected chi connectivity index (χ1v) is 9.82. The molecule has 126 valence electrons. The summed E-state index contributed by atoms with van der Waals surface area (Å²) in [5.41, 5.74) is 1.66. The second-order valence-electron chi connectivity index (χ2n) is 4.90. The molecule has 1 heterocycles. The van der Waals surface area contributed by atoms with E-state index in [1.165, 1.54) is 11.8 Å². The van der Waals surface area contributed by atoms with Gasteiger partial charge in [-0.15, -0.1) is 5.10 Å². The van der Waals surface area contributed by atoms with Crippen molar-refractivity contribution in [2.75, 3.05) is 0 Å². The van der Waals surface area contributed by atoms with Gasteiger partial charge in [-0.2, -0.15) is 5.10 Å². The largest absolute Gasteiger partial charge is 0.299 e. The predicted molar refractivity (Wildman–Crippen MR) is 112 cm³/mol. The molecule has 8 heteroatoms. The standard InChI is InChI=1S/C17H10Br2ClN3OS/c18-12-5-6-13(19)11(7-12)8-15-16(24)22-17(25-15)23-21-9-10-3-1-2-4-14(10)20/h1-9H,(H,22,23,24)/b15-8-,21-9+. The molecule has 0 unspecified atom stereocenters. The van der Waals surface area contributed by atoms with Crippen molar-refractivity contribution < 1.29 is 4.79 Å². The van der Waals surface area contributed by atoms with Gasteiger partial charge in [0.2, 0.25) is 0 Å². The van der Waals surface area contributed by atoms with Gasteiger partial charge in [-0.05, 0) is 47.7 Å². The first kappa shape index (κ1) is 18.4. The number of hydrogen-bond acceptors (Lipinski definition) is 4. The number of thioether (sulfide) groups is 1. The summed E-state index contributed by atoms with van der Waals surface area (Å²) in [7, 11) is 0. The number of halogens is 3. The fourth-order valence-corrected chi connectivity index (χ4v) is 3.66. The first-order chi connectivity index (χ1) is 12.0. The van der Waals surface area contributed by atoms with E-state index in [0.29, 0.717) is 15.1 Å². The summed E-state index contributed by atoms with van der Waals surface area (Å²) in [6.07, 6.45) is 3.35. The van der Waals surface area contributed by atoms with Crippen LogP contribution in [0.1, 0.15) is 11.1 Å². The number of amidine groups is 1. The van der Waals surface area contributed by atoms with E-state index >= 15 is 0 Å². The number of carbonyl (C=O) groups is 1. The molecule has 0 spiro atoms. The van der Waals surface area contributed by atoms with E-state index in [2.05, 4.69) is 47.4 Å². The molecule has 0 bridgehead atoms. The van der Waals surface area contributed by atoms with Crippen molar-refractivity contribution in [2.24, 2.45) is 10.2 Å². The Balaban J connectivity index is 1.77. The lowest BCUT2D eigenvalue weighted by Gasteiger charge is -2.00. The number of nitrogens with one attached hydrogen (secondary N) is 1. The number of nitrogens with zero attached hydrogens (tertiary/aromatic N) is 2. The SMILES string of the molecule is O=C1N/C(=N\N=C\c2ccccc2Cl)S/C1=C\c1cc(Br)ccc1Br. The third-order valence-electron chi connectivity index (χ3n) is 3.15. The molecule has 1 fully saturated rings. The van der Waals surface area contributed by atoms with Crippen LogP contribution in [0.3, 0.4) is 0 Å². The van der Waals surface area contributed by atoms with Crippen LogP contribution >= 0.6 is 55.2 Å². The first-order valence-electron chi connectivity index (χ1n) is 7.04. The van der Waals surface area contributed by atoms with Gasteiger partial charge < -0.3 is 0 Å². The Hall–Kier alpha value is -1.41. The van der Waals surface area contributed by atoms with Crippen LogP contribution in [0.4, 0.5) is 0 Å². The Kier molecular flexibility index (Phi) is 6.11.